The molecule has 0 aliphatic carbocycles. The highest BCUT2D eigenvalue weighted by molar-refractivity contribution is 5.16. The second kappa shape index (κ2) is 5.05. The first-order valence-corrected chi connectivity index (χ1v) is 5.78. The van der Waals surface area contributed by atoms with E-state index in [1.807, 2.05) is 19.2 Å². The van der Waals surface area contributed by atoms with Crippen LogP contribution in [0.1, 0.15) is 36.7 Å². The number of rotatable bonds is 4. The van der Waals surface area contributed by atoms with E-state index in [0.29, 0.717) is 0 Å². The lowest BCUT2D eigenvalue weighted by molar-refractivity contribution is 0.605. The van der Waals surface area contributed by atoms with Gasteiger partial charge in [0.25, 0.3) is 0 Å². The van der Waals surface area contributed by atoms with Gasteiger partial charge in [0, 0.05) is 25.1 Å². The molecule has 2 aromatic rings. The average Bonchev–Trinajstić information content (AvgIpc) is 2.77. The molecule has 0 amide bonds. The molecule has 0 fully saturated rings. The van der Waals surface area contributed by atoms with Gasteiger partial charge >= 0.3 is 0 Å². The van der Waals surface area contributed by atoms with E-state index in [2.05, 4.69) is 26.4 Å². The summed E-state index contributed by atoms with van der Waals surface area (Å²) in [5, 5.41) is 0. The zero-order valence-corrected chi connectivity index (χ0v) is 10.2. The van der Waals surface area contributed by atoms with Crippen molar-refractivity contribution in [2.45, 2.75) is 32.9 Å². The molecule has 0 saturated heterocycles. The van der Waals surface area contributed by atoms with Crippen LogP contribution in [-0.4, -0.2) is 19.5 Å². The Morgan fingerprint density at radius 2 is 2.18 bits per heavy atom. The first kappa shape index (κ1) is 11.7. The quantitative estimate of drug-likeness (QED) is 0.864. The number of hydrogen-bond acceptors (Lipinski definition) is 4. The van der Waals surface area contributed by atoms with E-state index < -0.39 is 0 Å². The first-order valence-electron chi connectivity index (χ1n) is 5.78. The van der Waals surface area contributed by atoms with Gasteiger partial charge in [-0.25, -0.2) is 15.0 Å². The van der Waals surface area contributed by atoms with E-state index in [0.717, 1.165) is 30.3 Å². The van der Waals surface area contributed by atoms with Gasteiger partial charge in [-0.15, -0.1) is 0 Å². The Kier molecular flexibility index (Phi) is 3.49. The lowest BCUT2D eigenvalue weighted by Gasteiger charge is -2.13. The molecule has 0 radical (unpaired) electrons. The Hall–Kier alpha value is -1.75. The summed E-state index contributed by atoms with van der Waals surface area (Å²) in [6, 6.07) is 1.54. The van der Waals surface area contributed by atoms with E-state index >= 15 is 0 Å². The van der Waals surface area contributed by atoms with Gasteiger partial charge in [-0.2, -0.15) is 0 Å². The maximum Gasteiger partial charge on any atom is 0.131 e. The minimum absolute atomic E-state index is 0.293. The van der Waals surface area contributed by atoms with Crippen LogP contribution >= 0.6 is 0 Å². The Balaban J connectivity index is 2.30. The standard InChI is InChI=1S/C12H17N5/c1-3-7-17-8-6-15-12(17)11(13)10-4-5-14-9(2)16-10/h4-6,8,11H,3,7,13H2,1-2H3. The summed E-state index contributed by atoms with van der Waals surface area (Å²) >= 11 is 0. The van der Waals surface area contributed by atoms with Crippen LogP contribution in [-0.2, 0) is 6.54 Å². The molecular formula is C12H17N5. The number of aromatic nitrogens is 4. The molecule has 2 rings (SSSR count). The van der Waals surface area contributed by atoms with Gasteiger partial charge in [0.05, 0.1) is 5.69 Å². The van der Waals surface area contributed by atoms with E-state index in [9.17, 15) is 0 Å². The lowest BCUT2D eigenvalue weighted by atomic mass is 10.2. The summed E-state index contributed by atoms with van der Waals surface area (Å²) in [6.45, 7) is 4.91. The molecule has 1 unspecified atom stereocenters. The van der Waals surface area contributed by atoms with Crippen molar-refractivity contribution in [2.24, 2.45) is 5.73 Å². The first-order chi connectivity index (χ1) is 8.22. The zero-order chi connectivity index (χ0) is 12.3. The van der Waals surface area contributed by atoms with Crippen molar-refractivity contribution >= 4 is 0 Å². The summed E-state index contributed by atoms with van der Waals surface area (Å²) < 4.78 is 2.07. The molecule has 5 heteroatoms. The van der Waals surface area contributed by atoms with Gasteiger partial charge in [0.15, 0.2) is 0 Å². The minimum atomic E-state index is -0.293. The Labute approximate surface area is 101 Å². The topological polar surface area (TPSA) is 69.6 Å². The number of nitrogens with two attached hydrogens (primary N) is 1. The molecule has 0 saturated carbocycles. The molecule has 2 heterocycles. The summed E-state index contributed by atoms with van der Waals surface area (Å²) in [6.07, 6.45) is 6.51. The number of imidazole rings is 1. The summed E-state index contributed by atoms with van der Waals surface area (Å²) in [5.41, 5.74) is 6.99. The van der Waals surface area contributed by atoms with Crippen LogP contribution in [0.3, 0.4) is 0 Å². The Morgan fingerprint density at radius 1 is 1.35 bits per heavy atom. The maximum atomic E-state index is 6.19. The van der Waals surface area contributed by atoms with Crippen molar-refractivity contribution in [1.29, 1.82) is 0 Å². The largest absolute Gasteiger partial charge is 0.333 e. The van der Waals surface area contributed by atoms with E-state index in [1.54, 1.807) is 12.4 Å². The number of aryl methyl sites for hydroxylation is 2. The van der Waals surface area contributed by atoms with Crippen LogP contribution in [0.25, 0.3) is 0 Å². The second-order valence-corrected chi connectivity index (χ2v) is 3.99. The second-order valence-electron chi connectivity index (χ2n) is 3.99. The third kappa shape index (κ3) is 2.50. The van der Waals surface area contributed by atoms with Crippen LogP contribution < -0.4 is 5.73 Å². The van der Waals surface area contributed by atoms with Crippen molar-refractivity contribution in [3.63, 3.8) is 0 Å². The fourth-order valence-electron chi connectivity index (χ4n) is 1.81. The van der Waals surface area contributed by atoms with E-state index in [-0.39, 0.29) is 6.04 Å². The molecule has 1 atom stereocenters. The Bertz CT molecular complexity index is 491. The van der Waals surface area contributed by atoms with Crippen molar-refractivity contribution in [2.75, 3.05) is 0 Å². The van der Waals surface area contributed by atoms with Crippen LogP contribution in [0.15, 0.2) is 24.7 Å². The third-order valence-corrected chi connectivity index (χ3v) is 2.61. The highest BCUT2D eigenvalue weighted by Crippen LogP contribution is 2.16. The monoisotopic (exact) mass is 231 g/mol. The SMILES string of the molecule is CCCn1ccnc1C(N)c1ccnc(C)n1. The maximum absolute atomic E-state index is 6.19. The zero-order valence-electron chi connectivity index (χ0n) is 10.2. The van der Waals surface area contributed by atoms with Crippen molar-refractivity contribution in [3.05, 3.63) is 42.0 Å². The van der Waals surface area contributed by atoms with Gasteiger partial charge in [-0.3, -0.25) is 0 Å². The molecule has 2 N–H and O–H groups in total. The Morgan fingerprint density at radius 3 is 2.88 bits per heavy atom. The van der Waals surface area contributed by atoms with Gasteiger partial charge in [-0.1, -0.05) is 6.92 Å². The van der Waals surface area contributed by atoms with Crippen molar-refractivity contribution in [3.8, 4) is 0 Å². The molecule has 0 aliphatic heterocycles. The van der Waals surface area contributed by atoms with Crippen LogP contribution in [0.5, 0.6) is 0 Å². The molecule has 0 bridgehead atoms. The fourth-order valence-corrected chi connectivity index (χ4v) is 1.81. The van der Waals surface area contributed by atoms with Crippen molar-refractivity contribution in [1.82, 2.24) is 19.5 Å². The van der Waals surface area contributed by atoms with E-state index in [4.69, 9.17) is 5.73 Å². The van der Waals surface area contributed by atoms with Gasteiger partial charge in [-0.05, 0) is 19.4 Å². The van der Waals surface area contributed by atoms with Gasteiger partial charge in [0.1, 0.15) is 17.7 Å². The number of nitrogens with zero attached hydrogens (tertiary/aromatic N) is 4. The lowest BCUT2D eigenvalue weighted by Crippen LogP contribution is -2.19. The highest BCUT2D eigenvalue weighted by Gasteiger charge is 2.15. The molecule has 2 aromatic heterocycles. The molecule has 17 heavy (non-hydrogen) atoms. The van der Waals surface area contributed by atoms with Crippen molar-refractivity contribution < 1.29 is 0 Å². The predicted molar refractivity (Wildman–Crippen MR) is 65.3 cm³/mol. The fraction of sp³-hybridized carbons (Fsp3) is 0.417. The summed E-state index contributed by atoms with van der Waals surface area (Å²) in [5.74, 6) is 1.58. The minimum Gasteiger partial charge on any atom is -0.333 e. The smallest absolute Gasteiger partial charge is 0.131 e. The predicted octanol–water partition coefficient (Wildman–Crippen LogP) is 1.44. The van der Waals surface area contributed by atoms with Crippen LogP contribution in [0.2, 0.25) is 0 Å². The normalized spacial score (nSPS) is 12.6. The molecule has 0 spiro atoms. The molecule has 90 valence electrons. The highest BCUT2D eigenvalue weighted by atomic mass is 15.1. The summed E-state index contributed by atoms with van der Waals surface area (Å²) in [7, 11) is 0. The van der Waals surface area contributed by atoms with Gasteiger partial charge < -0.3 is 10.3 Å². The molecule has 0 aromatic carbocycles. The van der Waals surface area contributed by atoms with Crippen LogP contribution in [0.4, 0.5) is 0 Å². The van der Waals surface area contributed by atoms with E-state index in [1.165, 1.54) is 0 Å². The van der Waals surface area contributed by atoms with Gasteiger partial charge in [0.2, 0.25) is 0 Å². The summed E-state index contributed by atoms with van der Waals surface area (Å²) in [4.78, 5) is 12.7. The number of hydrogen-bond donors (Lipinski definition) is 1. The third-order valence-electron chi connectivity index (χ3n) is 2.61. The average molecular weight is 231 g/mol. The molecule has 0 aliphatic rings. The molecule has 5 nitrogen and oxygen atoms in total. The molecular weight excluding hydrogens is 214 g/mol. The van der Waals surface area contributed by atoms with Crippen LogP contribution in [0, 0.1) is 6.92 Å².